The second kappa shape index (κ2) is 7.56. The van der Waals surface area contributed by atoms with Crippen LogP contribution in [0.25, 0.3) is 0 Å². The highest BCUT2D eigenvalue weighted by Gasteiger charge is 2.60. The largest absolute Gasteiger partial charge is 0.496 e. The van der Waals surface area contributed by atoms with E-state index in [1.165, 1.54) is 4.90 Å². The zero-order valence-electron chi connectivity index (χ0n) is 17.3. The number of anilines is 2. The Balaban J connectivity index is 1.61. The minimum absolute atomic E-state index is 0.270. The maximum atomic E-state index is 13.6. The molecule has 6 nitrogen and oxygen atoms in total. The zero-order chi connectivity index (χ0) is 21.5. The number of carbonyl (C=O) groups excluding carboxylic acids is 2. The number of nitrogens with zero attached hydrogens (tertiary/aromatic N) is 2. The number of ether oxygens (including phenoxy) is 1. The predicted octanol–water partition coefficient (Wildman–Crippen LogP) is 4.05. The fourth-order valence-corrected chi connectivity index (χ4v) is 4.39. The van der Waals surface area contributed by atoms with Gasteiger partial charge in [-0.15, -0.1) is 0 Å². The van der Waals surface area contributed by atoms with Crippen molar-refractivity contribution < 1.29 is 19.2 Å². The molecule has 156 valence electrons. The molecular formula is C25H22N2O4. The molecule has 5 rings (SSSR count). The lowest BCUT2D eigenvalue weighted by Gasteiger charge is -2.29. The highest BCUT2D eigenvalue weighted by Crippen LogP contribution is 2.49. The first-order chi connectivity index (χ1) is 15.1. The van der Waals surface area contributed by atoms with Crippen LogP contribution in [0.3, 0.4) is 0 Å². The standard InChI is InChI=1S/C25H22N2O4/c1-16-12-14-17(15-13-16)26-24(28)21-22(19-10-6-7-11-20(19)30-2)27(31-23(21)25(26)29)18-8-4-3-5-9-18/h3-15,21-23H,1-2H3/t21-,22+,23-/m1/s1. The predicted molar refractivity (Wildman–Crippen MR) is 117 cm³/mol. The molecule has 3 aromatic rings. The van der Waals surface area contributed by atoms with E-state index >= 15 is 0 Å². The number of hydrogen-bond acceptors (Lipinski definition) is 5. The number of imide groups is 1. The van der Waals surface area contributed by atoms with Crippen LogP contribution >= 0.6 is 0 Å². The minimum atomic E-state index is -0.899. The van der Waals surface area contributed by atoms with E-state index in [1.807, 2.05) is 73.7 Å². The van der Waals surface area contributed by atoms with Gasteiger partial charge < -0.3 is 4.74 Å². The molecule has 2 amide bonds. The number of methoxy groups -OCH3 is 1. The highest BCUT2D eigenvalue weighted by atomic mass is 16.7. The molecule has 3 atom stereocenters. The van der Waals surface area contributed by atoms with Crippen LogP contribution < -0.4 is 14.7 Å². The molecule has 0 saturated carbocycles. The summed E-state index contributed by atoms with van der Waals surface area (Å²) >= 11 is 0. The Morgan fingerprint density at radius 2 is 1.48 bits per heavy atom. The number of hydrogen-bond donors (Lipinski definition) is 0. The van der Waals surface area contributed by atoms with Gasteiger partial charge in [0.15, 0.2) is 6.10 Å². The molecule has 2 saturated heterocycles. The van der Waals surface area contributed by atoms with Crippen LogP contribution in [0.1, 0.15) is 17.2 Å². The number of hydroxylamine groups is 1. The Kier molecular flexibility index (Phi) is 4.71. The summed E-state index contributed by atoms with van der Waals surface area (Å²) < 4.78 is 5.59. The Labute approximate surface area is 180 Å². The van der Waals surface area contributed by atoms with E-state index in [-0.39, 0.29) is 11.8 Å². The van der Waals surface area contributed by atoms with Gasteiger partial charge in [0.2, 0.25) is 5.91 Å². The fraction of sp³-hybridized carbons (Fsp3) is 0.200. The van der Waals surface area contributed by atoms with Crippen molar-refractivity contribution >= 4 is 23.2 Å². The van der Waals surface area contributed by atoms with Crippen LogP contribution in [0.15, 0.2) is 78.9 Å². The second-order valence-corrected chi connectivity index (χ2v) is 7.75. The Morgan fingerprint density at radius 1 is 0.806 bits per heavy atom. The lowest BCUT2D eigenvalue weighted by molar-refractivity contribution is -0.126. The molecule has 2 aliphatic heterocycles. The van der Waals surface area contributed by atoms with Crippen molar-refractivity contribution in [2.24, 2.45) is 5.92 Å². The van der Waals surface area contributed by atoms with Crippen molar-refractivity contribution in [2.75, 3.05) is 17.1 Å². The lowest BCUT2D eigenvalue weighted by Crippen LogP contribution is -2.37. The normalized spacial score (nSPS) is 22.7. The molecule has 2 fully saturated rings. The third kappa shape index (κ3) is 3.07. The van der Waals surface area contributed by atoms with Gasteiger partial charge in [-0.2, -0.15) is 0 Å². The maximum Gasteiger partial charge on any atom is 0.266 e. The molecular weight excluding hydrogens is 392 g/mol. The van der Waals surface area contributed by atoms with Gasteiger partial charge in [-0.05, 0) is 37.3 Å². The maximum absolute atomic E-state index is 13.6. The van der Waals surface area contributed by atoms with Crippen LogP contribution in [-0.2, 0) is 14.4 Å². The van der Waals surface area contributed by atoms with Gasteiger partial charge in [0.05, 0.1) is 24.5 Å². The van der Waals surface area contributed by atoms with Crippen LogP contribution in [0.2, 0.25) is 0 Å². The summed E-state index contributed by atoms with van der Waals surface area (Å²) in [6, 6.07) is 23.9. The molecule has 0 aliphatic carbocycles. The van der Waals surface area contributed by atoms with Crippen LogP contribution in [0, 0.1) is 12.8 Å². The molecule has 3 aromatic carbocycles. The molecule has 0 spiro atoms. The van der Waals surface area contributed by atoms with E-state index < -0.39 is 18.1 Å². The van der Waals surface area contributed by atoms with Gasteiger partial charge in [-0.25, -0.2) is 9.96 Å². The quantitative estimate of drug-likeness (QED) is 0.603. The van der Waals surface area contributed by atoms with E-state index in [4.69, 9.17) is 9.57 Å². The molecule has 0 bridgehead atoms. The topological polar surface area (TPSA) is 59.1 Å². The second-order valence-electron chi connectivity index (χ2n) is 7.75. The summed E-state index contributed by atoms with van der Waals surface area (Å²) in [7, 11) is 1.60. The summed E-state index contributed by atoms with van der Waals surface area (Å²) in [6.07, 6.45) is -0.899. The number of aryl methyl sites for hydroxylation is 1. The van der Waals surface area contributed by atoms with Crippen molar-refractivity contribution in [1.29, 1.82) is 0 Å². The van der Waals surface area contributed by atoms with E-state index in [0.29, 0.717) is 11.4 Å². The molecule has 2 heterocycles. The molecule has 0 radical (unpaired) electrons. The van der Waals surface area contributed by atoms with E-state index in [2.05, 4.69) is 0 Å². The van der Waals surface area contributed by atoms with Crippen molar-refractivity contribution in [2.45, 2.75) is 19.1 Å². The van der Waals surface area contributed by atoms with Crippen molar-refractivity contribution in [1.82, 2.24) is 0 Å². The average Bonchev–Trinajstić information content (AvgIpc) is 3.31. The van der Waals surface area contributed by atoms with E-state index in [9.17, 15) is 9.59 Å². The highest BCUT2D eigenvalue weighted by molar-refractivity contribution is 6.23. The first-order valence-electron chi connectivity index (χ1n) is 10.2. The van der Waals surface area contributed by atoms with Gasteiger partial charge in [0.1, 0.15) is 11.7 Å². The summed E-state index contributed by atoms with van der Waals surface area (Å²) in [5.74, 6) is -0.664. The van der Waals surface area contributed by atoms with E-state index in [1.54, 1.807) is 24.3 Å². The zero-order valence-corrected chi connectivity index (χ0v) is 17.3. The summed E-state index contributed by atoms with van der Waals surface area (Å²) in [5, 5.41) is 1.68. The average molecular weight is 414 g/mol. The summed E-state index contributed by atoms with van der Waals surface area (Å²) in [5.41, 5.74) is 3.19. The van der Waals surface area contributed by atoms with Gasteiger partial charge in [-0.3, -0.25) is 14.4 Å². The van der Waals surface area contributed by atoms with Crippen molar-refractivity contribution in [3.63, 3.8) is 0 Å². The smallest absolute Gasteiger partial charge is 0.266 e. The first-order valence-corrected chi connectivity index (χ1v) is 10.2. The van der Waals surface area contributed by atoms with Crippen LogP contribution in [0.5, 0.6) is 5.75 Å². The van der Waals surface area contributed by atoms with Crippen LogP contribution in [0.4, 0.5) is 11.4 Å². The number of carbonyl (C=O) groups is 2. The fourth-order valence-electron chi connectivity index (χ4n) is 4.39. The molecule has 6 heteroatoms. The molecule has 0 N–H and O–H groups in total. The number of para-hydroxylation sites is 2. The van der Waals surface area contributed by atoms with Crippen molar-refractivity contribution in [3.05, 3.63) is 90.0 Å². The molecule has 2 aliphatic rings. The molecule has 31 heavy (non-hydrogen) atoms. The number of fused-ring (bicyclic) bond motifs is 1. The first kappa shape index (κ1) is 19.3. The number of benzene rings is 3. The number of amides is 2. The molecule has 0 aromatic heterocycles. The molecule has 0 unspecified atom stereocenters. The SMILES string of the molecule is COc1ccccc1[C@H]1[C@H]2C(=O)N(c3ccc(C)cc3)C(=O)[C@@H]2ON1c1ccccc1. The van der Waals surface area contributed by atoms with Gasteiger partial charge in [0, 0.05) is 5.56 Å². The third-order valence-corrected chi connectivity index (χ3v) is 5.88. The van der Waals surface area contributed by atoms with E-state index in [0.717, 1.165) is 16.8 Å². The Morgan fingerprint density at radius 3 is 2.19 bits per heavy atom. The third-order valence-electron chi connectivity index (χ3n) is 5.88. The van der Waals surface area contributed by atoms with Crippen molar-refractivity contribution in [3.8, 4) is 5.75 Å². The summed E-state index contributed by atoms with van der Waals surface area (Å²) in [6.45, 7) is 1.96. The summed E-state index contributed by atoms with van der Waals surface area (Å²) in [4.78, 5) is 34.3. The Hall–Kier alpha value is -3.64. The van der Waals surface area contributed by atoms with Crippen LogP contribution in [-0.4, -0.2) is 25.0 Å². The monoisotopic (exact) mass is 414 g/mol. The lowest BCUT2D eigenvalue weighted by atomic mass is 9.90. The van der Waals surface area contributed by atoms with Gasteiger partial charge in [0.25, 0.3) is 5.91 Å². The van der Waals surface area contributed by atoms with Gasteiger partial charge >= 0.3 is 0 Å². The minimum Gasteiger partial charge on any atom is -0.496 e. The Bertz CT molecular complexity index is 1130. The number of rotatable bonds is 4. The van der Waals surface area contributed by atoms with Gasteiger partial charge in [-0.1, -0.05) is 54.1 Å².